The number of hydrogen-bond acceptors (Lipinski definition) is 6. The largest absolute Gasteiger partial charge is 0.383 e. The van der Waals surface area contributed by atoms with Crippen molar-refractivity contribution in [2.45, 2.75) is 33.1 Å². The quantitative estimate of drug-likeness (QED) is 0.249. The molecule has 3 N–H and O–H groups in total. The van der Waals surface area contributed by atoms with Crippen molar-refractivity contribution >= 4 is 40.5 Å². The first-order valence-corrected chi connectivity index (χ1v) is 11.7. The minimum atomic E-state index is -0.536. The van der Waals surface area contributed by atoms with Crippen molar-refractivity contribution in [3.05, 3.63) is 62.2 Å². The van der Waals surface area contributed by atoms with E-state index >= 15 is 0 Å². The number of nitrogens with one attached hydrogen (secondary N) is 3. The predicted molar refractivity (Wildman–Crippen MR) is 134 cm³/mol. The number of nitro groups is 1. The Kier molecular flexibility index (Phi) is 8.70. The van der Waals surface area contributed by atoms with Crippen LogP contribution in [-0.4, -0.2) is 54.4 Å². The summed E-state index contributed by atoms with van der Waals surface area (Å²) in [6.07, 6.45) is 2.05. The first-order chi connectivity index (χ1) is 16.3. The maximum atomic E-state index is 12.6. The summed E-state index contributed by atoms with van der Waals surface area (Å²) in [4.78, 5) is 37.1. The highest BCUT2D eigenvalue weighted by atomic mass is 35.5. The second kappa shape index (κ2) is 11.7. The number of amides is 2. The molecule has 34 heavy (non-hydrogen) atoms. The van der Waals surface area contributed by atoms with Gasteiger partial charge in [0.25, 0.3) is 11.6 Å². The summed E-state index contributed by atoms with van der Waals surface area (Å²) < 4.78 is 0. The van der Waals surface area contributed by atoms with Crippen molar-refractivity contribution in [2.75, 3.05) is 43.4 Å². The topological polar surface area (TPSA) is 117 Å². The molecule has 0 bridgehead atoms. The van der Waals surface area contributed by atoms with E-state index in [1.54, 1.807) is 4.90 Å². The van der Waals surface area contributed by atoms with Crippen LogP contribution in [0.3, 0.4) is 0 Å². The van der Waals surface area contributed by atoms with Gasteiger partial charge >= 0.3 is 0 Å². The summed E-state index contributed by atoms with van der Waals surface area (Å²) in [5.41, 5.74) is 3.38. The highest BCUT2D eigenvalue weighted by molar-refractivity contribution is 6.34. The van der Waals surface area contributed by atoms with Crippen LogP contribution in [0.1, 0.15) is 40.7 Å². The Morgan fingerprint density at radius 1 is 1.12 bits per heavy atom. The number of aryl methyl sites for hydroxylation is 2. The standard InChI is InChI=1S/C24H30ClN5O4/c1-16-6-7-20(17(2)13-16)26-9-10-27-21-15-19(25)18(14-22(21)30(33)34)24(32)28-8-4-12-29-11-3-5-23(29)31/h6-7,13-15,26-27H,3-5,8-12H2,1-2H3,(H,28,32). The predicted octanol–water partition coefficient (Wildman–Crippen LogP) is 4.13. The van der Waals surface area contributed by atoms with Crippen molar-refractivity contribution < 1.29 is 14.5 Å². The van der Waals surface area contributed by atoms with Crippen LogP contribution >= 0.6 is 11.6 Å². The van der Waals surface area contributed by atoms with Crippen LogP contribution in [0.15, 0.2) is 30.3 Å². The van der Waals surface area contributed by atoms with Crippen LogP contribution in [0.25, 0.3) is 0 Å². The minimum Gasteiger partial charge on any atom is -0.383 e. The number of carbonyl (C=O) groups is 2. The number of nitro benzene ring substituents is 1. The van der Waals surface area contributed by atoms with Crippen LogP contribution in [0, 0.1) is 24.0 Å². The SMILES string of the molecule is Cc1ccc(NCCNc2cc(Cl)c(C(=O)NCCCN3CCCC3=O)cc2[N+](=O)[O-])c(C)c1. The molecule has 10 heteroatoms. The lowest BCUT2D eigenvalue weighted by Crippen LogP contribution is -2.30. The normalized spacial score (nSPS) is 13.1. The molecule has 1 fully saturated rings. The Balaban J connectivity index is 1.55. The highest BCUT2D eigenvalue weighted by Gasteiger charge is 2.22. The Labute approximate surface area is 204 Å². The maximum Gasteiger partial charge on any atom is 0.293 e. The van der Waals surface area contributed by atoms with Crippen LogP contribution in [-0.2, 0) is 4.79 Å². The van der Waals surface area contributed by atoms with E-state index in [1.165, 1.54) is 17.7 Å². The van der Waals surface area contributed by atoms with Crippen molar-refractivity contribution in [1.82, 2.24) is 10.2 Å². The van der Waals surface area contributed by atoms with Gasteiger partial charge in [-0.05, 0) is 44.4 Å². The summed E-state index contributed by atoms with van der Waals surface area (Å²) >= 11 is 6.29. The third-order valence-electron chi connectivity index (χ3n) is 5.73. The van der Waals surface area contributed by atoms with Crippen molar-refractivity contribution in [2.24, 2.45) is 0 Å². The van der Waals surface area contributed by atoms with Gasteiger partial charge in [-0.25, -0.2) is 0 Å². The molecule has 0 aromatic heterocycles. The van der Waals surface area contributed by atoms with Crippen LogP contribution < -0.4 is 16.0 Å². The molecule has 1 aliphatic heterocycles. The molecular weight excluding hydrogens is 458 g/mol. The lowest BCUT2D eigenvalue weighted by Gasteiger charge is -2.15. The van der Waals surface area contributed by atoms with E-state index in [-0.39, 0.29) is 27.9 Å². The Morgan fingerprint density at radius 2 is 1.85 bits per heavy atom. The molecule has 2 aromatic carbocycles. The van der Waals surface area contributed by atoms with E-state index in [0.717, 1.165) is 24.2 Å². The van der Waals surface area contributed by atoms with Gasteiger partial charge in [0.1, 0.15) is 5.69 Å². The zero-order chi connectivity index (χ0) is 24.7. The van der Waals surface area contributed by atoms with Gasteiger partial charge in [0.15, 0.2) is 0 Å². The lowest BCUT2D eigenvalue weighted by molar-refractivity contribution is -0.384. The molecule has 1 saturated heterocycles. The van der Waals surface area contributed by atoms with Gasteiger partial charge in [0.2, 0.25) is 5.91 Å². The summed E-state index contributed by atoms with van der Waals surface area (Å²) in [6, 6.07) is 8.70. The van der Waals surface area contributed by atoms with Crippen molar-refractivity contribution in [3.63, 3.8) is 0 Å². The second-order valence-corrected chi connectivity index (χ2v) is 8.78. The number of benzene rings is 2. The molecule has 3 rings (SSSR count). The van der Waals surface area contributed by atoms with Gasteiger partial charge in [0.05, 0.1) is 15.5 Å². The smallest absolute Gasteiger partial charge is 0.293 e. The first kappa shape index (κ1) is 25.3. The summed E-state index contributed by atoms with van der Waals surface area (Å²) in [6.45, 7) is 6.68. The number of anilines is 2. The molecule has 1 heterocycles. The van der Waals surface area contributed by atoms with Crippen LogP contribution in [0.2, 0.25) is 5.02 Å². The third kappa shape index (κ3) is 6.60. The molecule has 0 aliphatic carbocycles. The number of rotatable bonds is 11. The molecular formula is C24H30ClN5O4. The van der Waals surface area contributed by atoms with Gasteiger partial charge in [-0.2, -0.15) is 0 Å². The number of nitrogens with zero attached hydrogens (tertiary/aromatic N) is 2. The van der Waals surface area contributed by atoms with Crippen molar-refractivity contribution in [1.29, 1.82) is 0 Å². The summed E-state index contributed by atoms with van der Waals surface area (Å²) in [5.74, 6) is -0.346. The monoisotopic (exact) mass is 487 g/mol. The second-order valence-electron chi connectivity index (χ2n) is 8.37. The van der Waals surface area contributed by atoms with Crippen molar-refractivity contribution in [3.8, 4) is 0 Å². The summed E-state index contributed by atoms with van der Waals surface area (Å²) in [5, 5.41) is 20.8. The average molecular weight is 488 g/mol. The fourth-order valence-electron chi connectivity index (χ4n) is 3.94. The van der Waals surface area contributed by atoms with Gasteiger partial charge < -0.3 is 20.9 Å². The Bertz CT molecular complexity index is 1080. The lowest BCUT2D eigenvalue weighted by atomic mass is 10.1. The Hall–Kier alpha value is -3.33. The van der Waals surface area contributed by atoms with E-state index < -0.39 is 10.8 Å². The maximum absolute atomic E-state index is 12.6. The summed E-state index contributed by atoms with van der Waals surface area (Å²) in [7, 11) is 0. The van der Waals surface area contributed by atoms with E-state index in [4.69, 9.17) is 11.6 Å². The molecule has 0 saturated carbocycles. The number of halogens is 1. The van der Waals surface area contributed by atoms with Gasteiger partial charge in [0, 0.05) is 50.9 Å². The molecule has 182 valence electrons. The van der Waals surface area contributed by atoms with Gasteiger partial charge in [-0.15, -0.1) is 0 Å². The minimum absolute atomic E-state index is 0.0459. The molecule has 2 amide bonds. The van der Waals surface area contributed by atoms with E-state index in [0.29, 0.717) is 39.0 Å². The molecule has 0 radical (unpaired) electrons. The van der Waals surface area contributed by atoms with Gasteiger partial charge in [-0.1, -0.05) is 29.3 Å². The first-order valence-electron chi connectivity index (χ1n) is 11.3. The van der Waals surface area contributed by atoms with Crippen LogP contribution in [0.4, 0.5) is 17.1 Å². The van der Waals surface area contributed by atoms with E-state index in [1.807, 2.05) is 26.0 Å². The molecule has 1 aliphatic rings. The zero-order valence-electron chi connectivity index (χ0n) is 19.4. The number of likely N-dealkylation sites (tertiary alicyclic amines) is 1. The molecule has 0 atom stereocenters. The Morgan fingerprint density at radius 3 is 2.50 bits per heavy atom. The highest BCUT2D eigenvalue weighted by Crippen LogP contribution is 2.31. The van der Waals surface area contributed by atoms with Gasteiger partial charge in [-0.3, -0.25) is 19.7 Å². The number of hydrogen-bond donors (Lipinski definition) is 3. The van der Waals surface area contributed by atoms with E-state index in [2.05, 4.69) is 22.0 Å². The van der Waals surface area contributed by atoms with Crippen LogP contribution in [0.5, 0.6) is 0 Å². The molecule has 9 nitrogen and oxygen atoms in total. The fraction of sp³-hybridized carbons (Fsp3) is 0.417. The molecule has 0 spiro atoms. The van der Waals surface area contributed by atoms with E-state index in [9.17, 15) is 19.7 Å². The molecule has 0 unspecified atom stereocenters. The fourth-order valence-corrected chi connectivity index (χ4v) is 4.19. The average Bonchev–Trinajstić information content (AvgIpc) is 3.19. The zero-order valence-corrected chi connectivity index (χ0v) is 20.2. The third-order valence-corrected chi connectivity index (χ3v) is 6.04. The number of carbonyl (C=O) groups excluding carboxylic acids is 2. The molecule has 2 aromatic rings.